The van der Waals surface area contributed by atoms with Gasteiger partial charge >= 0.3 is 0 Å². The molecule has 1 N–H and O–H groups in total. The number of aliphatic hydroxyl groups excluding tert-OH is 1. The van der Waals surface area contributed by atoms with Crippen LogP contribution >= 0.6 is 0 Å². The number of non-ortho nitro benzene ring substituents is 1. The zero-order valence-corrected chi connectivity index (χ0v) is 11.7. The SMILES string of the molecule is O=[N+]([O-])c1cccc(C(O)Cn2cnc3cc(F)c(F)cc32)c1. The molecule has 0 radical (unpaired) electrons. The van der Waals surface area contributed by atoms with Gasteiger partial charge in [-0.3, -0.25) is 10.1 Å². The number of nitro benzene ring substituents is 1. The molecule has 1 unspecified atom stereocenters. The van der Waals surface area contributed by atoms with E-state index in [0.29, 0.717) is 11.1 Å². The minimum atomic E-state index is -1.06. The fourth-order valence-electron chi connectivity index (χ4n) is 2.34. The van der Waals surface area contributed by atoms with Crippen LogP contribution in [-0.4, -0.2) is 19.6 Å². The quantitative estimate of drug-likeness (QED) is 0.592. The highest BCUT2D eigenvalue weighted by Crippen LogP contribution is 2.23. The monoisotopic (exact) mass is 319 g/mol. The highest BCUT2D eigenvalue weighted by atomic mass is 19.2. The van der Waals surface area contributed by atoms with Gasteiger partial charge in [-0.1, -0.05) is 12.1 Å². The molecule has 0 saturated heterocycles. The zero-order chi connectivity index (χ0) is 16.6. The summed E-state index contributed by atoms with van der Waals surface area (Å²) in [7, 11) is 0. The Kier molecular flexibility index (Phi) is 3.75. The third-order valence-corrected chi connectivity index (χ3v) is 3.50. The van der Waals surface area contributed by atoms with Crippen molar-refractivity contribution in [2.45, 2.75) is 12.6 Å². The molecule has 3 aromatic rings. The smallest absolute Gasteiger partial charge is 0.269 e. The Hall–Kier alpha value is -2.87. The van der Waals surface area contributed by atoms with Gasteiger partial charge in [0.1, 0.15) is 0 Å². The number of fused-ring (bicyclic) bond motifs is 1. The standard InChI is InChI=1S/C15H11F2N3O3/c16-11-5-13-14(6-12(11)17)19(8-18-13)7-15(21)9-2-1-3-10(4-9)20(22)23/h1-6,8,15,21H,7H2. The number of imidazole rings is 1. The summed E-state index contributed by atoms with van der Waals surface area (Å²) in [4.78, 5) is 14.2. The zero-order valence-electron chi connectivity index (χ0n) is 11.7. The van der Waals surface area contributed by atoms with Gasteiger partial charge in [-0.15, -0.1) is 0 Å². The molecule has 0 aliphatic rings. The molecule has 6 nitrogen and oxygen atoms in total. The van der Waals surface area contributed by atoms with Crippen molar-refractivity contribution in [1.29, 1.82) is 0 Å². The highest BCUT2D eigenvalue weighted by Gasteiger charge is 2.15. The van der Waals surface area contributed by atoms with Gasteiger partial charge in [-0.25, -0.2) is 13.8 Å². The lowest BCUT2D eigenvalue weighted by atomic mass is 10.1. The summed E-state index contributed by atoms with van der Waals surface area (Å²) in [5, 5.41) is 21.0. The van der Waals surface area contributed by atoms with Crippen molar-refractivity contribution >= 4 is 16.7 Å². The van der Waals surface area contributed by atoms with E-state index in [1.165, 1.54) is 29.1 Å². The van der Waals surface area contributed by atoms with Crippen LogP contribution in [-0.2, 0) is 6.54 Å². The lowest BCUT2D eigenvalue weighted by Crippen LogP contribution is -2.08. The molecular formula is C15H11F2N3O3. The van der Waals surface area contributed by atoms with Gasteiger partial charge in [0, 0.05) is 24.3 Å². The molecule has 0 amide bonds. The second-order valence-electron chi connectivity index (χ2n) is 5.02. The number of aromatic nitrogens is 2. The number of rotatable bonds is 4. The van der Waals surface area contributed by atoms with Crippen molar-refractivity contribution in [2.75, 3.05) is 0 Å². The second kappa shape index (κ2) is 5.73. The molecule has 0 bridgehead atoms. The molecule has 0 spiro atoms. The van der Waals surface area contributed by atoms with Gasteiger partial charge < -0.3 is 9.67 Å². The van der Waals surface area contributed by atoms with E-state index in [0.717, 1.165) is 12.1 Å². The molecule has 0 aliphatic carbocycles. The number of aliphatic hydroxyl groups is 1. The van der Waals surface area contributed by atoms with E-state index in [1.807, 2.05) is 0 Å². The maximum Gasteiger partial charge on any atom is 0.269 e. The van der Waals surface area contributed by atoms with Gasteiger partial charge in [0.05, 0.1) is 34.9 Å². The lowest BCUT2D eigenvalue weighted by molar-refractivity contribution is -0.385. The first-order valence-corrected chi connectivity index (χ1v) is 6.68. The number of halogens is 2. The molecule has 2 aromatic carbocycles. The van der Waals surface area contributed by atoms with E-state index in [2.05, 4.69) is 4.98 Å². The van der Waals surface area contributed by atoms with E-state index >= 15 is 0 Å². The van der Waals surface area contributed by atoms with Crippen LogP contribution in [0.3, 0.4) is 0 Å². The van der Waals surface area contributed by atoms with Crippen molar-refractivity contribution < 1.29 is 18.8 Å². The maximum atomic E-state index is 13.4. The van der Waals surface area contributed by atoms with Crippen LogP contribution in [0.1, 0.15) is 11.7 Å². The Morgan fingerprint density at radius 3 is 2.74 bits per heavy atom. The van der Waals surface area contributed by atoms with Crippen molar-refractivity contribution in [3.63, 3.8) is 0 Å². The predicted octanol–water partition coefficient (Wildman–Crippen LogP) is 2.96. The first-order valence-electron chi connectivity index (χ1n) is 6.68. The summed E-state index contributed by atoms with van der Waals surface area (Å²) < 4.78 is 28.0. The van der Waals surface area contributed by atoms with Crippen LogP contribution in [0.5, 0.6) is 0 Å². The Morgan fingerprint density at radius 1 is 1.26 bits per heavy atom. The van der Waals surface area contributed by atoms with Crippen LogP contribution in [0.4, 0.5) is 14.5 Å². The predicted molar refractivity (Wildman–Crippen MR) is 77.7 cm³/mol. The van der Waals surface area contributed by atoms with Crippen molar-refractivity contribution in [3.05, 3.63) is 70.0 Å². The second-order valence-corrected chi connectivity index (χ2v) is 5.02. The van der Waals surface area contributed by atoms with Crippen LogP contribution < -0.4 is 0 Å². The van der Waals surface area contributed by atoms with E-state index < -0.39 is 22.7 Å². The Labute approximate surface area is 128 Å². The average molecular weight is 319 g/mol. The summed E-state index contributed by atoms with van der Waals surface area (Å²) in [5.41, 5.74) is 0.803. The fraction of sp³-hybridized carbons (Fsp3) is 0.133. The third kappa shape index (κ3) is 2.88. The van der Waals surface area contributed by atoms with Crippen LogP contribution in [0, 0.1) is 21.7 Å². The molecule has 1 atom stereocenters. The number of hydrogen-bond donors (Lipinski definition) is 1. The summed E-state index contributed by atoms with van der Waals surface area (Å²) in [6, 6.07) is 7.58. The number of nitrogens with zero attached hydrogens (tertiary/aromatic N) is 3. The molecule has 0 aliphatic heterocycles. The van der Waals surface area contributed by atoms with Gasteiger partial charge in [0.25, 0.3) is 5.69 Å². The molecule has 1 aromatic heterocycles. The lowest BCUT2D eigenvalue weighted by Gasteiger charge is -2.12. The molecule has 0 fully saturated rings. The number of benzene rings is 2. The van der Waals surface area contributed by atoms with Gasteiger partial charge in [0.2, 0.25) is 0 Å². The third-order valence-electron chi connectivity index (χ3n) is 3.50. The summed E-state index contributed by atoms with van der Waals surface area (Å²) in [6.07, 6.45) is 0.296. The summed E-state index contributed by atoms with van der Waals surface area (Å²) in [6.45, 7) is 0.00272. The Bertz CT molecular complexity index is 895. The minimum Gasteiger partial charge on any atom is -0.387 e. The molecule has 3 rings (SSSR count). The Balaban J connectivity index is 1.91. The number of hydrogen-bond acceptors (Lipinski definition) is 4. The summed E-state index contributed by atoms with van der Waals surface area (Å²) in [5.74, 6) is -2.01. The largest absolute Gasteiger partial charge is 0.387 e. The molecule has 23 heavy (non-hydrogen) atoms. The van der Waals surface area contributed by atoms with Gasteiger partial charge in [-0.2, -0.15) is 0 Å². The molecule has 0 saturated carbocycles. The summed E-state index contributed by atoms with van der Waals surface area (Å²) >= 11 is 0. The first-order chi connectivity index (χ1) is 11.0. The van der Waals surface area contributed by atoms with Crippen LogP contribution in [0.2, 0.25) is 0 Å². The normalized spacial score (nSPS) is 12.5. The fourth-order valence-corrected chi connectivity index (χ4v) is 2.34. The van der Waals surface area contributed by atoms with Gasteiger partial charge in [0.15, 0.2) is 11.6 Å². The van der Waals surface area contributed by atoms with Crippen molar-refractivity contribution in [1.82, 2.24) is 9.55 Å². The maximum absolute atomic E-state index is 13.4. The van der Waals surface area contributed by atoms with E-state index in [4.69, 9.17) is 0 Å². The van der Waals surface area contributed by atoms with E-state index in [1.54, 1.807) is 6.07 Å². The van der Waals surface area contributed by atoms with Gasteiger partial charge in [-0.05, 0) is 5.56 Å². The minimum absolute atomic E-state index is 0.00272. The Morgan fingerprint density at radius 2 is 2.00 bits per heavy atom. The number of nitro groups is 1. The molecule has 8 heteroatoms. The molecule has 118 valence electrons. The highest BCUT2D eigenvalue weighted by molar-refractivity contribution is 5.75. The van der Waals surface area contributed by atoms with Crippen LogP contribution in [0.25, 0.3) is 11.0 Å². The van der Waals surface area contributed by atoms with E-state index in [-0.39, 0.29) is 17.7 Å². The van der Waals surface area contributed by atoms with Crippen LogP contribution in [0.15, 0.2) is 42.7 Å². The topological polar surface area (TPSA) is 81.2 Å². The molecular weight excluding hydrogens is 308 g/mol. The van der Waals surface area contributed by atoms with Crippen molar-refractivity contribution in [3.8, 4) is 0 Å². The van der Waals surface area contributed by atoms with Crippen molar-refractivity contribution in [2.24, 2.45) is 0 Å². The molecule has 1 heterocycles. The first kappa shape index (κ1) is 15.0. The van der Waals surface area contributed by atoms with E-state index in [9.17, 15) is 24.0 Å². The average Bonchev–Trinajstić information content (AvgIpc) is 2.90.